The molecule has 0 aromatic heterocycles. The fourth-order valence-electron chi connectivity index (χ4n) is 4.67. The summed E-state index contributed by atoms with van der Waals surface area (Å²) in [4.78, 5) is 15.3. The highest BCUT2D eigenvalue weighted by molar-refractivity contribution is 5.89. The second-order valence-electron chi connectivity index (χ2n) is 9.02. The molecule has 4 rings (SSSR count). The Bertz CT molecular complexity index is 1100. The van der Waals surface area contributed by atoms with Crippen molar-refractivity contribution >= 4 is 11.7 Å². The van der Waals surface area contributed by atoms with Gasteiger partial charge in [-0.3, -0.25) is 0 Å². The second kappa shape index (κ2) is 12.0. The molecular weight excluding hydrogens is 420 g/mol. The Balaban J connectivity index is 0.00000228. The average molecular weight is 457 g/mol. The molecule has 34 heavy (non-hydrogen) atoms. The first-order valence-electron chi connectivity index (χ1n) is 12.1. The summed E-state index contributed by atoms with van der Waals surface area (Å²) in [5.41, 5.74) is 3.67. The molecule has 1 fully saturated rings. The first-order valence-corrected chi connectivity index (χ1v) is 12.1. The highest BCUT2D eigenvalue weighted by Gasteiger charge is 2.21. The Morgan fingerprint density at radius 2 is 1.71 bits per heavy atom. The van der Waals surface area contributed by atoms with Crippen LogP contribution in [-0.2, 0) is 6.42 Å². The highest BCUT2D eigenvalue weighted by Crippen LogP contribution is 2.24. The molecule has 3 aromatic carbocycles. The van der Waals surface area contributed by atoms with Gasteiger partial charge in [0.15, 0.2) is 0 Å². The van der Waals surface area contributed by atoms with E-state index in [-0.39, 0.29) is 14.9 Å². The third-order valence-electron chi connectivity index (χ3n) is 6.57. The number of urea groups is 1. The first-order chi connectivity index (χ1) is 16.7. The standard InChI is InChI=1S/C29H32N4O.2H2/c30-22-25-10-7-13-27(21-25)31-29(34)32-28(26-11-5-2-6-12-26)16-19-33-17-14-24(15-18-33)20-23-8-3-1-4-9-23;;/h1-13,21,24,28H,14-20H2,(H2,31,32,34);2*1H. The fraction of sp³-hybridized carbons (Fsp3) is 0.310. The number of carbonyl (C=O) groups excluding carboxylic acids is 1. The summed E-state index contributed by atoms with van der Waals surface area (Å²) in [6, 6.07) is 29.6. The van der Waals surface area contributed by atoms with Crippen molar-refractivity contribution < 1.29 is 7.65 Å². The van der Waals surface area contributed by atoms with E-state index in [9.17, 15) is 4.79 Å². The first kappa shape index (κ1) is 23.5. The lowest BCUT2D eigenvalue weighted by molar-refractivity contribution is 0.176. The molecule has 1 unspecified atom stereocenters. The summed E-state index contributed by atoms with van der Waals surface area (Å²) in [6.45, 7) is 3.15. The minimum absolute atomic E-state index is 0. The van der Waals surface area contributed by atoms with Crippen LogP contribution in [0, 0.1) is 17.2 Å². The van der Waals surface area contributed by atoms with Gasteiger partial charge in [0.2, 0.25) is 0 Å². The number of hydrogen-bond donors (Lipinski definition) is 2. The van der Waals surface area contributed by atoms with E-state index < -0.39 is 0 Å². The smallest absolute Gasteiger partial charge is 0.319 e. The molecule has 3 aromatic rings. The lowest BCUT2D eigenvalue weighted by Gasteiger charge is -2.33. The Morgan fingerprint density at radius 1 is 1.00 bits per heavy atom. The molecule has 1 atom stereocenters. The van der Waals surface area contributed by atoms with Crippen molar-refractivity contribution in [1.82, 2.24) is 10.2 Å². The molecule has 1 aliphatic heterocycles. The van der Waals surface area contributed by atoms with Crippen molar-refractivity contribution in [3.8, 4) is 6.07 Å². The zero-order valence-electron chi connectivity index (χ0n) is 19.5. The summed E-state index contributed by atoms with van der Waals surface area (Å²) in [5, 5.41) is 15.1. The topological polar surface area (TPSA) is 68.2 Å². The lowest BCUT2D eigenvalue weighted by Crippen LogP contribution is -2.38. The van der Waals surface area contributed by atoms with Gasteiger partial charge in [0, 0.05) is 15.1 Å². The zero-order valence-corrected chi connectivity index (χ0v) is 19.5. The number of nitrogens with zero attached hydrogens (tertiary/aromatic N) is 2. The van der Waals surface area contributed by atoms with Gasteiger partial charge in [-0.2, -0.15) is 5.26 Å². The molecule has 2 N–H and O–H groups in total. The number of rotatable bonds is 8. The van der Waals surface area contributed by atoms with Crippen molar-refractivity contribution in [3.63, 3.8) is 0 Å². The van der Waals surface area contributed by atoms with Crippen LogP contribution in [0.2, 0.25) is 0 Å². The van der Waals surface area contributed by atoms with Crippen molar-refractivity contribution in [3.05, 3.63) is 102 Å². The summed E-state index contributed by atoms with van der Waals surface area (Å²) in [5.74, 6) is 0.747. The molecule has 0 bridgehead atoms. The zero-order chi connectivity index (χ0) is 23.6. The number of anilines is 1. The van der Waals surface area contributed by atoms with Gasteiger partial charge in [0.05, 0.1) is 17.7 Å². The van der Waals surface area contributed by atoms with Crippen molar-refractivity contribution in [2.75, 3.05) is 25.0 Å². The van der Waals surface area contributed by atoms with Crippen LogP contribution in [-0.4, -0.2) is 30.6 Å². The number of nitriles is 1. The minimum Gasteiger partial charge on any atom is -0.331 e. The van der Waals surface area contributed by atoms with Crippen LogP contribution in [0.25, 0.3) is 0 Å². The van der Waals surface area contributed by atoms with Crippen molar-refractivity contribution in [1.29, 1.82) is 5.26 Å². The van der Waals surface area contributed by atoms with Gasteiger partial charge in [-0.25, -0.2) is 4.79 Å². The molecule has 5 nitrogen and oxygen atoms in total. The van der Waals surface area contributed by atoms with Crippen LogP contribution in [0.1, 0.15) is 44.8 Å². The highest BCUT2D eigenvalue weighted by atomic mass is 16.2. The maximum absolute atomic E-state index is 12.7. The Labute approximate surface area is 205 Å². The molecule has 1 aliphatic rings. The van der Waals surface area contributed by atoms with Crippen LogP contribution in [0.5, 0.6) is 0 Å². The van der Waals surface area contributed by atoms with Gasteiger partial charge in [0.25, 0.3) is 0 Å². The number of likely N-dealkylation sites (tertiary alicyclic amines) is 1. The van der Waals surface area contributed by atoms with E-state index in [2.05, 4.69) is 64.1 Å². The number of hydrogen-bond acceptors (Lipinski definition) is 3. The minimum atomic E-state index is -0.259. The van der Waals surface area contributed by atoms with Gasteiger partial charge in [-0.15, -0.1) is 0 Å². The van der Waals surface area contributed by atoms with Gasteiger partial charge in [0.1, 0.15) is 0 Å². The van der Waals surface area contributed by atoms with Crippen molar-refractivity contribution in [2.24, 2.45) is 5.92 Å². The fourth-order valence-corrected chi connectivity index (χ4v) is 4.67. The van der Waals surface area contributed by atoms with E-state index in [1.165, 1.54) is 18.4 Å². The van der Waals surface area contributed by atoms with Gasteiger partial charge < -0.3 is 15.5 Å². The van der Waals surface area contributed by atoms with E-state index in [4.69, 9.17) is 5.26 Å². The van der Waals surface area contributed by atoms with Crippen LogP contribution in [0.3, 0.4) is 0 Å². The predicted octanol–water partition coefficient (Wildman–Crippen LogP) is 6.26. The van der Waals surface area contributed by atoms with E-state index in [1.807, 2.05) is 18.2 Å². The summed E-state index contributed by atoms with van der Waals surface area (Å²) in [7, 11) is 0. The molecule has 2 amide bonds. The monoisotopic (exact) mass is 456 g/mol. The maximum Gasteiger partial charge on any atom is 0.319 e. The molecule has 0 spiro atoms. The Kier molecular flexibility index (Phi) is 8.32. The third kappa shape index (κ3) is 6.94. The number of benzene rings is 3. The van der Waals surface area contributed by atoms with Gasteiger partial charge in [-0.1, -0.05) is 66.7 Å². The van der Waals surface area contributed by atoms with Crippen LogP contribution >= 0.6 is 0 Å². The lowest BCUT2D eigenvalue weighted by atomic mass is 9.90. The largest absolute Gasteiger partial charge is 0.331 e. The molecule has 178 valence electrons. The second-order valence-corrected chi connectivity index (χ2v) is 9.02. The third-order valence-corrected chi connectivity index (χ3v) is 6.57. The molecular formula is C29H36N4O. The number of piperidine rings is 1. The Hall–Kier alpha value is -3.62. The molecule has 0 radical (unpaired) electrons. The van der Waals surface area contributed by atoms with Gasteiger partial charge in [-0.05, 0) is 74.0 Å². The summed E-state index contributed by atoms with van der Waals surface area (Å²) < 4.78 is 0. The molecule has 1 heterocycles. The molecule has 1 saturated heterocycles. The number of nitrogens with one attached hydrogen (secondary N) is 2. The normalized spacial score (nSPS) is 15.3. The van der Waals surface area contributed by atoms with Gasteiger partial charge >= 0.3 is 6.03 Å². The van der Waals surface area contributed by atoms with E-state index in [0.717, 1.165) is 44.0 Å². The van der Waals surface area contributed by atoms with Crippen LogP contribution in [0.4, 0.5) is 10.5 Å². The Morgan fingerprint density at radius 3 is 2.41 bits per heavy atom. The number of carbonyl (C=O) groups is 1. The summed E-state index contributed by atoms with van der Waals surface area (Å²) in [6.07, 6.45) is 4.44. The van der Waals surface area contributed by atoms with E-state index >= 15 is 0 Å². The molecule has 0 aliphatic carbocycles. The van der Waals surface area contributed by atoms with E-state index in [1.54, 1.807) is 24.3 Å². The van der Waals surface area contributed by atoms with Crippen molar-refractivity contribution in [2.45, 2.75) is 31.7 Å². The quantitative estimate of drug-likeness (QED) is 0.420. The average Bonchev–Trinajstić information content (AvgIpc) is 2.88. The SMILES string of the molecule is N#Cc1cccc(NC(=O)NC(CCN2CCC(Cc3ccccc3)CC2)c2ccccc2)c1.[HH].[HH]. The predicted molar refractivity (Wildman–Crippen MR) is 141 cm³/mol. The summed E-state index contributed by atoms with van der Waals surface area (Å²) >= 11 is 0. The van der Waals surface area contributed by atoms with E-state index in [0.29, 0.717) is 11.3 Å². The molecule has 5 heteroatoms. The number of amides is 2. The maximum atomic E-state index is 12.7. The van der Waals surface area contributed by atoms with Crippen LogP contribution < -0.4 is 10.6 Å². The molecule has 0 saturated carbocycles. The van der Waals surface area contributed by atoms with Crippen LogP contribution in [0.15, 0.2) is 84.9 Å².